The lowest BCUT2D eigenvalue weighted by molar-refractivity contribution is -0.140. The zero-order valence-corrected chi connectivity index (χ0v) is 11.8. The van der Waals surface area contributed by atoms with E-state index in [9.17, 15) is 18.4 Å². The molecule has 0 radical (unpaired) electrons. The summed E-state index contributed by atoms with van der Waals surface area (Å²) < 4.78 is 24.6. The van der Waals surface area contributed by atoms with E-state index in [1.807, 2.05) is 12.3 Å². The zero-order chi connectivity index (χ0) is 15.3. The van der Waals surface area contributed by atoms with Crippen molar-refractivity contribution in [1.82, 2.24) is 5.32 Å². The Hall–Kier alpha value is -1.63. The smallest absolute Gasteiger partial charge is 0.326 e. The van der Waals surface area contributed by atoms with E-state index < -0.39 is 30.8 Å². The number of carboxylic acids is 1. The monoisotopic (exact) mass is 303 g/mol. The third-order valence-corrected chi connectivity index (χ3v) is 3.43. The van der Waals surface area contributed by atoms with Crippen LogP contribution in [0, 0.1) is 6.92 Å². The van der Waals surface area contributed by atoms with E-state index >= 15 is 0 Å². The number of benzene rings is 1. The van der Waals surface area contributed by atoms with Gasteiger partial charge in [0.15, 0.2) is 0 Å². The van der Waals surface area contributed by atoms with Crippen LogP contribution in [0.15, 0.2) is 23.1 Å². The summed E-state index contributed by atoms with van der Waals surface area (Å²) in [5.41, 5.74) is 0.943. The maximum absolute atomic E-state index is 12.3. The predicted octanol–water partition coefficient (Wildman–Crippen LogP) is 2.56. The number of halogens is 2. The molecule has 20 heavy (non-hydrogen) atoms. The van der Waals surface area contributed by atoms with Crippen molar-refractivity contribution >= 4 is 23.6 Å². The second-order valence-electron chi connectivity index (χ2n) is 4.17. The standard InChI is InChI=1S/C13H15F2NO3S/c1-7-3-4-8(20-2)5-9(7)12(17)16-10(13(18)19)6-11(14)15/h3-5,10-11H,6H2,1-2H3,(H,16,17)(H,18,19). The molecule has 1 aromatic carbocycles. The first-order valence-corrected chi connectivity index (χ1v) is 7.04. The second kappa shape index (κ2) is 7.23. The van der Waals surface area contributed by atoms with E-state index in [0.717, 1.165) is 4.90 Å². The van der Waals surface area contributed by atoms with Crippen molar-refractivity contribution in [2.24, 2.45) is 0 Å². The van der Waals surface area contributed by atoms with E-state index in [-0.39, 0.29) is 5.56 Å². The third-order valence-electron chi connectivity index (χ3n) is 2.71. The fourth-order valence-corrected chi connectivity index (χ4v) is 2.05. The molecule has 1 amide bonds. The van der Waals surface area contributed by atoms with Crippen molar-refractivity contribution in [1.29, 1.82) is 0 Å². The number of thioether (sulfide) groups is 1. The molecule has 4 nitrogen and oxygen atoms in total. The highest BCUT2D eigenvalue weighted by Gasteiger charge is 2.25. The Kier molecular flexibility index (Phi) is 5.94. The quantitative estimate of drug-likeness (QED) is 0.793. The zero-order valence-electron chi connectivity index (χ0n) is 11.0. The van der Waals surface area contributed by atoms with Crippen LogP contribution in [0.4, 0.5) is 8.78 Å². The molecule has 1 rings (SSSR count). The summed E-state index contributed by atoms with van der Waals surface area (Å²) in [6.07, 6.45) is -1.87. The summed E-state index contributed by atoms with van der Waals surface area (Å²) in [7, 11) is 0. The van der Waals surface area contributed by atoms with Crippen LogP contribution in [0.2, 0.25) is 0 Å². The lowest BCUT2D eigenvalue weighted by Gasteiger charge is -2.15. The molecule has 1 aromatic rings. The van der Waals surface area contributed by atoms with Gasteiger partial charge in [0, 0.05) is 16.9 Å². The van der Waals surface area contributed by atoms with Gasteiger partial charge in [-0.05, 0) is 30.9 Å². The molecule has 0 heterocycles. The summed E-state index contributed by atoms with van der Waals surface area (Å²) in [5.74, 6) is -2.14. The lowest BCUT2D eigenvalue weighted by Crippen LogP contribution is -2.42. The summed E-state index contributed by atoms with van der Waals surface area (Å²) in [5, 5.41) is 11.0. The Morgan fingerprint density at radius 2 is 2.05 bits per heavy atom. The van der Waals surface area contributed by atoms with Crippen LogP contribution in [-0.2, 0) is 4.79 Å². The van der Waals surface area contributed by atoms with Crippen molar-refractivity contribution in [3.05, 3.63) is 29.3 Å². The topological polar surface area (TPSA) is 66.4 Å². The molecule has 0 fully saturated rings. The molecular weight excluding hydrogens is 288 g/mol. The molecule has 0 aliphatic heterocycles. The Bertz CT molecular complexity index is 508. The van der Waals surface area contributed by atoms with Crippen LogP contribution < -0.4 is 5.32 Å². The molecule has 0 saturated heterocycles. The molecular formula is C13H15F2NO3S. The van der Waals surface area contributed by atoms with Crippen molar-refractivity contribution in [3.8, 4) is 0 Å². The predicted molar refractivity (Wildman–Crippen MR) is 72.5 cm³/mol. The van der Waals surface area contributed by atoms with Gasteiger partial charge in [-0.25, -0.2) is 13.6 Å². The van der Waals surface area contributed by atoms with Crippen LogP contribution in [0.1, 0.15) is 22.3 Å². The molecule has 2 N–H and O–H groups in total. The average molecular weight is 303 g/mol. The number of nitrogens with one attached hydrogen (secondary N) is 1. The van der Waals surface area contributed by atoms with Crippen LogP contribution in [0.25, 0.3) is 0 Å². The highest BCUT2D eigenvalue weighted by atomic mass is 32.2. The SMILES string of the molecule is CSc1ccc(C)c(C(=O)NC(CC(F)F)C(=O)O)c1. The van der Waals surface area contributed by atoms with E-state index in [1.54, 1.807) is 19.1 Å². The van der Waals surface area contributed by atoms with E-state index in [0.29, 0.717) is 5.56 Å². The number of carbonyl (C=O) groups excluding carboxylic acids is 1. The molecule has 0 aliphatic carbocycles. The largest absolute Gasteiger partial charge is 0.480 e. The number of alkyl halides is 2. The molecule has 0 saturated carbocycles. The lowest BCUT2D eigenvalue weighted by atomic mass is 10.1. The van der Waals surface area contributed by atoms with Crippen molar-refractivity contribution in [3.63, 3.8) is 0 Å². The van der Waals surface area contributed by atoms with Crippen molar-refractivity contribution in [2.75, 3.05) is 6.26 Å². The van der Waals surface area contributed by atoms with Gasteiger partial charge in [-0.15, -0.1) is 11.8 Å². The number of amides is 1. The molecule has 1 atom stereocenters. The second-order valence-corrected chi connectivity index (χ2v) is 5.05. The number of aliphatic carboxylic acids is 1. The summed E-state index contributed by atoms with van der Waals surface area (Å²) in [6.45, 7) is 1.70. The number of carboxylic acid groups (broad SMARTS) is 1. The molecule has 0 bridgehead atoms. The Labute approximate surface area is 119 Å². The summed E-state index contributed by atoms with van der Waals surface area (Å²) in [4.78, 5) is 23.7. The third kappa shape index (κ3) is 4.48. The van der Waals surface area contributed by atoms with Gasteiger partial charge in [0.05, 0.1) is 0 Å². The first-order valence-electron chi connectivity index (χ1n) is 5.81. The number of rotatable bonds is 6. The van der Waals surface area contributed by atoms with E-state index in [2.05, 4.69) is 5.32 Å². The van der Waals surface area contributed by atoms with Crippen LogP contribution in [0.3, 0.4) is 0 Å². The van der Waals surface area contributed by atoms with Gasteiger partial charge >= 0.3 is 5.97 Å². The van der Waals surface area contributed by atoms with Crippen LogP contribution in [-0.4, -0.2) is 35.7 Å². The van der Waals surface area contributed by atoms with Gasteiger partial charge in [0.25, 0.3) is 5.91 Å². The van der Waals surface area contributed by atoms with Crippen LogP contribution >= 0.6 is 11.8 Å². The minimum atomic E-state index is -2.80. The van der Waals surface area contributed by atoms with Gasteiger partial charge in [-0.3, -0.25) is 4.79 Å². The maximum atomic E-state index is 12.3. The minimum Gasteiger partial charge on any atom is -0.480 e. The Morgan fingerprint density at radius 3 is 2.55 bits per heavy atom. The fourth-order valence-electron chi connectivity index (χ4n) is 1.61. The van der Waals surface area contributed by atoms with Gasteiger partial charge in [-0.2, -0.15) is 0 Å². The highest BCUT2D eigenvalue weighted by molar-refractivity contribution is 7.98. The Morgan fingerprint density at radius 1 is 1.40 bits per heavy atom. The number of hydrogen-bond donors (Lipinski definition) is 2. The fraction of sp³-hybridized carbons (Fsp3) is 0.385. The van der Waals surface area contributed by atoms with Crippen LogP contribution in [0.5, 0.6) is 0 Å². The summed E-state index contributed by atoms with van der Waals surface area (Å²) >= 11 is 1.43. The molecule has 0 aliphatic rings. The molecule has 0 aromatic heterocycles. The Balaban J connectivity index is 2.91. The van der Waals surface area contributed by atoms with Gasteiger partial charge < -0.3 is 10.4 Å². The molecule has 7 heteroatoms. The molecule has 0 spiro atoms. The first kappa shape index (κ1) is 16.4. The highest BCUT2D eigenvalue weighted by Crippen LogP contribution is 2.19. The number of carbonyl (C=O) groups is 2. The van der Waals surface area contributed by atoms with Gasteiger partial charge in [-0.1, -0.05) is 6.07 Å². The van der Waals surface area contributed by atoms with E-state index in [1.165, 1.54) is 11.8 Å². The first-order chi connectivity index (χ1) is 9.35. The number of aryl methyl sites for hydroxylation is 1. The number of hydrogen-bond acceptors (Lipinski definition) is 3. The minimum absolute atomic E-state index is 0.289. The average Bonchev–Trinajstić information content (AvgIpc) is 2.37. The summed E-state index contributed by atoms with van der Waals surface area (Å²) in [6, 6.07) is 3.56. The molecule has 110 valence electrons. The maximum Gasteiger partial charge on any atom is 0.326 e. The van der Waals surface area contributed by atoms with Crippen molar-refractivity contribution < 1.29 is 23.5 Å². The molecule has 1 unspecified atom stereocenters. The van der Waals surface area contributed by atoms with Gasteiger partial charge in [0.1, 0.15) is 6.04 Å². The van der Waals surface area contributed by atoms with Crippen molar-refractivity contribution in [2.45, 2.75) is 30.7 Å². The van der Waals surface area contributed by atoms with E-state index in [4.69, 9.17) is 5.11 Å². The normalized spacial score (nSPS) is 12.2. The van der Waals surface area contributed by atoms with Gasteiger partial charge in [0.2, 0.25) is 6.43 Å².